The predicted octanol–water partition coefficient (Wildman–Crippen LogP) is 0.447. The van der Waals surface area contributed by atoms with Crippen molar-refractivity contribution in [2.75, 3.05) is 0 Å². The van der Waals surface area contributed by atoms with Crippen molar-refractivity contribution >= 4 is 22.6 Å². The summed E-state index contributed by atoms with van der Waals surface area (Å²) >= 11 is 1.93. The van der Waals surface area contributed by atoms with E-state index in [9.17, 15) is 9.59 Å². The van der Waals surface area contributed by atoms with Gasteiger partial charge >= 0.3 is 5.69 Å². The maximum atomic E-state index is 12.1. The number of hydrogen-bond acceptors (Lipinski definition) is 4. The van der Waals surface area contributed by atoms with Gasteiger partial charge in [0.1, 0.15) is 12.2 Å². The summed E-state index contributed by atoms with van der Waals surface area (Å²) in [6.45, 7) is 4.98. The second-order valence-corrected chi connectivity index (χ2v) is 6.18. The van der Waals surface area contributed by atoms with Crippen LogP contribution < -0.4 is 11.2 Å². The molecule has 0 atom stereocenters. The Morgan fingerprint density at radius 3 is 2.70 bits per heavy atom. The van der Waals surface area contributed by atoms with Crippen LogP contribution >= 0.6 is 22.6 Å². The van der Waals surface area contributed by atoms with Crippen molar-refractivity contribution in [1.82, 2.24) is 23.9 Å². The summed E-state index contributed by atoms with van der Waals surface area (Å²) in [6, 6.07) is 0. The molecule has 8 heteroatoms. The molecule has 0 saturated heterocycles. The number of halogens is 1. The highest BCUT2D eigenvalue weighted by Gasteiger charge is 2.12. The molecule has 2 rings (SSSR count). The number of hydrogen-bond donors (Lipinski definition) is 0. The molecule has 0 fully saturated rings. The van der Waals surface area contributed by atoms with E-state index in [-0.39, 0.29) is 17.8 Å². The van der Waals surface area contributed by atoms with Gasteiger partial charge < -0.3 is 4.57 Å². The third-order valence-corrected chi connectivity index (χ3v) is 3.56. The van der Waals surface area contributed by atoms with Crippen LogP contribution in [0.2, 0.25) is 0 Å². The maximum Gasteiger partial charge on any atom is 0.331 e. The highest BCUT2D eigenvalue weighted by atomic mass is 127. The first-order valence-electron chi connectivity index (χ1n) is 6.22. The smallest absolute Gasteiger partial charge is 0.302 e. The Morgan fingerprint density at radius 1 is 1.35 bits per heavy atom. The number of aryl methyl sites for hydroxylation is 1. The van der Waals surface area contributed by atoms with Gasteiger partial charge in [0.15, 0.2) is 0 Å². The van der Waals surface area contributed by atoms with Crippen LogP contribution in [0.25, 0.3) is 0 Å². The molecule has 0 spiro atoms. The molecule has 20 heavy (non-hydrogen) atoms. The van der Waals surface area contributed by atoms with Crippen LogP contribution in [-0.2, 0) is 20.1 Å². The first-order valence-corrected chi connectivity index (χ1v) is 7.30. The lowest BCUT2D eigenvalue weighted by Crippen LogP contribution is -2.40. The summed E-state index contributed by atoms with van der Waals surface area (Å²) in [4.78, 5) is 28.3. The molecule has 108 valence electrons. The van der Waals surface area contributed by atoms with Gasteiger partial charge in [-0.05, 0) is 28.5 Å². The second kappa shape index (κ2) is 5.90. The quantitative estimate of drug-likeness (QED) is 0.712. The van der Waals surface area contributed by atoms with E-state index >= 15 is 0 Å². The van der Waals surface area contributed by atoms with Crippen LogP contribution in [0.4, 0.5) is 0 Å². The maximum absolute atomic E-state index is 12.1. The Morgan fingerprint density at radius 2 is 2.05 bits per heavy atom. The predicted molar refractivity (Wildman–Crippen MR) is 82.6 cm³/mol. The highest BCUT2D eigenvalue weighted by molar-refractivity contribution is 14.1. The summed E-state index contributed by atoms with van der Waals surface area (Å²) in [6.07, 6.45) is 2.97. The van der Waals surface area contributed by atoms with E-state index in [1.165, 1.54) is 21.7 Å². The van der Waals surface area contributed by atoms with Crippen molar-refractivity contribution < 1.29 is 0 Å². The highest BCUT2D eigenvalue weighted by Crippen LogP contribution is 2.02. The Balaban J connectivity index is 2.44. The Hall–Kier alpha value is -1.45. The van der Waals surface area contributed by atoms with Gasteiger partial charge in [-0.3, -0.25) is 9.36 Å². The van der Waals surface area contributed by atoms with Crippen molar-refractivity contribution in [3.05, 3.63) is 42.8 Å². The lowest BCUT2D eigenvalue weighted by Gasteiger charge is -2.10. The molecule has 0 radical (unpaired) electrons. The average Bonchev–Trinajstić information content (AvgIpc) is 2.78. The molecule has 0 N–H and O–H groups in total. The van der Waals surface area contributed by atoms with E-state index in [1.807, 2.05) is 22.6 Å². The summed E-state index contributed by atoms with van der Waals surface area (Å²) in [5.74, 6) is 1.02. The summed E-state index contributed by atoms with van der Waals surface area (Å²) in [7, 11) is 1.62. The first kappa shape index (κ1) is 14.9. The van der Waals surface area contributed by atoms with Crippen molar-refractivity contribution in [3.8, 4) is 0 Å². The van der Waals surface area contributed by atoms with Gasteiger partial charge in [-0.1, -0.05) is 13.8 Å². The zero-order valence-corrected chi connectivity index (χ0v) is 13.7. The first-order chi connectivity index (χ1) is 9.40. The average molecular weight is 389 g/mol. The van der Waals surface area contributed by atoms with Gasteiger partial charge in [-0.2, -0.15) is 5.10 Å². The fourth-order valence-electron chi connectivity index (χ4n) is 1.88. The minimum absolute atomic E-state index is 0.134. The molecular formula is C12H16IN5O2. The zero-order valence-electron chi connectivity index (χ0n) is 11.6. The minimum atomic E-state index is -0.352. The molecule has 0 amide bonds. The van der Waals surface area contributed by atoms with Gasteiger partial charge in [0.05, 0.1) is 10.1 Å². The van der Waals surface area contributed by atoms with E-state index in [0.29, 0.717) is 21.9 Å². The molecule has 2 heterocycles. The van der Waals surface area contributed by atoms with Crippen LogP contribution in [0.3, 0.4) is 0 Å². The van der Waals surface area contributed by atoms with Gasteiger partial charge in [0, 0.05) is 19.8 Å². The van der Waals surface area contributed by atoms with E-state index in [0.717, 1.165) is 0 Å². The number of nitrogens with zero attached hydrogens (tertiary/aromatic N) is 5. The van der Waals surface area contributed by atoms with Crippen LogP contribution in [0, 0.1) is 9.49 Å². The zero-order chi connectivity index (χ0) is 14.9. The molecule has 7 nitrogen and oxygen atoms in total. The largest absolute Gasteiger partial charge is 0.331 e. The number of aromatic nitrogens is 5. The van der Waals surface area contributed by atoms with Gasteiger partial charge in [0.2, 0.25) is 0 Å². The van der Waals surface area contributed by atoms with Crippen LogP contribution in [0.15, 0.2) is 22.1 Å². The Labute approximate surface area is 129 Å². The molecule has 0 aliphatic heterocycles. The lowest BCUT2D eigenvalue weighted by molar-refractivity contribution is 0.456. The molecule has 2 aromatic heterocycles. The third kappa shape index (κ3) is 3.00. The number of rotatable bonds is 4. The summed E-state index contributed by atoms with van der Waals surface area (Å²) in [5, 5.41) is 4.14. The Kier molecular flexibility index (Phi) is 4.41. The molecule has 2 aromatic rings. The molecule has 0 aromatic carbocycles. The van der Waals surface area contributed by atoms with Crippen molar-refractivity contribution in [3.63, 3.8) is 0 Å². The van der Waals surface area contributed by atoms with E-state index in [1.54, 1.807) is 11.7 Å². The van der Waals surface area contributed by atoms with Crippen LogP contribution in [0.1, 0.15) is 19.7 Å². The SMILES string of the molecule is CC(C)Cn1ncnc1Cn1c(=O)c(I)cn(C)c1=O. The minimum Gasteiger partial charge on any atom is -0.302 e. The van der Waals surface area contributed by atoms with Gasteiger partial charge in [-0.25, -0.2) is 14.5 Å². The molecule has 0 aliphatic rings. The monoisotopic (exact) mass is 389 g/mol. The molecule has 0 saturated carbocycles. The second-order valence-electron chi connectivity index (χ2n) is 5.01. The van der Waals surface area contributed by atoms with Crippen molar-refractivity contribution in [1.29, 1.82) is 0 Å². The van der Waals surface area contributed by atoms with Crippen LogP contribution in [0.5, 0.6) is 0 Å². The molecule has 0 bridgehead atoms. The summed E-state index contributed by atoms with van der Waals surface area (Å²) in [5.41, 5.74) is -0.651. The van der Waals surface area contributed by atoms with E-state index < -0.39 is 0 Å². The topological polar surface area (TPSA) is 74.7 Å². The van der Waals surface area contributed by atoms with Gasteiger partial charge in [0.25, 0.3) is 5.56 Å². The summed E-state index contributed by atoms with van der Waals surface area (Å²) < 4.78 is 4.81. The normalized spacial score (nSPS) is 11.2. The van der Waals surface area contributed by atoms with Crippen molar-refractivity contribution in [2.24, 2.45) is 13.0 Å². The Bertz CT molecular complexity index is 694. The third-order valence-electron chi connectivity index (χ3n) is 2.82. The van der Waals surface area contributed by atoms with Crippen molar-refractivity contribution in [2.45, 2.75) is 26.9 Å². The van der Waals surface area contributed by atoms with E-state index in [2.05, 4.69) is 23.9 Å². The molecule has 0 unspecified atom stereocenters. The van der Waals surface area contributed by atoms with Crippen LogP contribution in [-0.4, -0.2) is 23.9 Å². The fourth-order valence-corrected chi connectivity index (χ4v) is 2.59. The molecular weight excluding hydrogens is 373 g/mol. The fraction of sp³-hybridized carbons (Fsp3) is 0.500. The standard InChI is InChI=1S/C12H16IN5O2/c1-8(2)4-18-10(14-7-15-18)6-17-11(19)9(13)5-16(3)12(17)20/h5,7-8H,4,6H2,1-3H3. The van der Waals surface area contributed by atoms with E-state index in [4.69, 9.17) is 0 Å². The van der Waals surface area contributed by atoms with Gasteiger partial charge in [-0.15, -0.1) is 0 Å². The lowest BCUT2D eigenvalue weighted by atomic mass is 10.2. The molecule has 0 aliphatic carbocycles.